The Morgan fingerprint density at radius 1 is 1.28 bits per heavy atom. The van der Waals surface area contributed by atoms with Gasteiger partial charge in [-0.05, 0) is 50.3 Å². The van der Waals surface area contributed by atoms with E-state index in [0.29, 0.717) is 45.1 Å². The maximum atomic E-state index is 12.4. The number of H-pyrrole nitrogens is 1. The first-order valence-corrected chi connectivity index (χ1v) is 12.1. The molecular formula is C21H32N4O3S. The Kier molecular flexibility index (Phi) is 6.85. The molecule has 0 amide bonds. The minimum atomic E-state index is -3.23. The van der Waals surface area contributed by atoms with Gasteiger partial charge < -0.3 is 20.4 Å². The molecule has 0 saturated carbocycles. The van der Waals surface area contributed by atoms with Crippen molar-refractivity contribution in [1.82, 2.24) is 15.6 Å². The van der Waals surface area contributed by atoms with Crippen molar-refractivity contribution >= 4 is 26.7 Å². The summed E-state index contributed by atoms with van der Waals surface area (Å²) in [5, 5.41) is 7.85. The molecule has 1 saturated heterocycles. The Morgan fingerprint density at radius 2 is 2.03 bits per heavy atom. The number of benzene rings is 1. The predicted molar refractivity (Wildman–Crippen MR) is 118 cm³/mol. The summed E-state index contributed by atoms with van der Waals surface area (Å²) in [6.45, 7) is 6.73. The highest BCUT2D eigenvalue weighted by molar-refractivity contribution is 7.92. The zero-order valence-corrected chi connectivity index (χ0v) is 18.4. The minimum absolute atomic E-state index is 0.247. The van der Waals surface area contributed by atoms with Gasteiger partial charge in [-0.25, -0.2) is 8.42 Å². The Morgan fingerprint density at radius 3 is 2.72 bits per heavy atom. The number of aromatic nitrogens is 1. The van der Waals surface area contributed by atoms with E-state index in [-0.39, 0.29) is 6.54 Å². The van der Waals surface area contributed by atoms with Crippen LogP contribution in [0.15, 0.2) is 29.4 Å². The molecule has 0 atom stereocenters. The Labute approximate surface area is 173 Å². The van der Waals surface area contributed by atoms with Crippen molar-refractivity contribution in [3.05, 3.63) is 35.5 Å². The third-order valence-corrected chi connectivity index (χ3v) is 7.85. The highest BCUT2D eigenvalue weighted by Crippen LogP contribution is 2.29. The minimum Gasteiger partial charge on any atom is -0.381 e. The number of rotatable bonds is 7. The molecule has 0 unspecified atom stereocenters. The lowest BCUT2D eigenvalue weighted by Gasteiger charge is -2.34. The van der Waals surface area contributed by atoms with Gasteiger partial charge in [0, 0.05) is 49.7 Å². The summed E-state index contributed by atoms with van der Waals surface area (Å²) in [6.07, 6.45) is 5.20. The number of aromatic amines is 1. The highest BCUT2D eigenvalue weighted by atomic mass is 32.2. The van der Waals surface area contributed by atoms with Crippen LogP contribution in [-0.4, -0.2) is 63.2 Å². The van der Waals surface area contributed by atoms with E-state index in [4.69, 9.17) is 4.74 Å². The maximum absolute atomic E-state index is 12.4. The largest absolute Gasteiger partial charge is 0.381 e. The molecule has 1 aliphatic heterocycles. The van der Waals surface area contributed by atoms with Gasteiger partial charge in [0.25, 0.3) is 0 Å². The van der Waals surface area contributed by atoms with Gasteiger partial charge in [0.2, 0.25) is 0 Å². The van der Waals surface area contributed by atoms with Gasteiger partial charge >= 0.3 is 0 Å². The van der Waals surface area contributed by atoms with Gasteiger partial charge in [0.15, 0.2) is 15.8 Å². The van der Waals surface area contributed by atoms with Gasteiger partial charge in [0.05, 0.1) is 11.3 Å². The van der Waals surface area contributed by atoms with Crippen molar-refractivity contribution in [2.24, 2.45) is 4.99 Å². The third-order valence-electron chi connectivity index (χ3n) is 5.74. The lowest BCUT2D eigenvalue weighted by molar-refractivity contribution is 0.0768. The fraction of sp³-hybridized carbons (Fsp3) is 0.571. The fourth-order valence-electron chi connectivity index (χ4n) is 3.92. The summed E-state index contributed by atoms with van der Waals surface area (Å²) in [6, 6.07) is 6.26. The second-order valence-corrected chi connectivity index (χ2v) is 10.2. The SMILES string of the molecule is CCNC(=NCC1(S(C)(=O)=O)CCOCC1)NCCc1c[nH]c2cccc(C)c12. The maximum Gasteiger partial charge on any atom is 0.191 e. The van der Waals surface area contributed by atoms with Crippen LogP contribution in [0.2, 0.25) is 0 Å². The van der Waals surface area contributed by atoms with E-state index in [2.05, 4.69) is 51.9 Å². The van der Waals surface area contributed by atoms with Crippen molar-refractivity contribution in [1.29, 1.82) is 0 Å². The Bertz CT molecular complexity index is 959. The van der Waals surface area contributed by atoms with Crippen LogP contribution in [0.1, 0.15) is 30.9 Å². The van der Waals surface area contributed by atoms with Crippen LogP contribution in [0, 0.1) is 6.92 Å². The summed E-state index contributed by atoms with van der Waals surface area (Å²) in [5.41, 5.74) is 3.67. The lowest BCUT2D eigenvalue weighted by Crippen LogP contribution is -2.47. The number of aryl methyl sites for hydroxylation is 1. The molecule has 2 heterocycles. The number of sulfone groups is 1. The van der Waals surface area contributed by atoms with Crippen LogP contribution in [0.4, 0.5) is 0 Å². The third kappa shape index (κ3) is 4.93. The molecule has 2 aromatic rings. The lowest BCUT2D eigenvalue weighted by atomic mass is 9.99. The molecule has 1 aliphatic rings. The second kappa shape index (κ2) is 9.17. The molecule has 0 bridgehead atoms. The van der Waals surface area contributed by atoms with Crippen molar-refractivity contribution in [2.45, 2.75) is 37.9 Å². The number of guanidine groups is 1. The first kappa shape index (κ1) is 21.6. The fourth-order valence-corrected chi connectivity index (χ4v) is 5.13. The molecule has 160 valence electrons. The number of ether oxygens (including phenoxy) is 1. The zero-order valence-electron chi connectivity index (χ0n) is 17.5. The van der Waals surface area contributed by atoms with Crippen molar-refractivity contribution < 1.29 is 13.2 Å². The average Bonchev–Trinajstić information content (AvgIpc) is 3.10. The Balaban J connectivity index is 1.67. The predicted octanol–water partition coefficient (Wildman–Crippen LogP) is 2.17. The van der Waals surface area contributed by atoms with E-state index in [1.165, 1.54) is 22.8 Å². The van der Waals surface area contributed by atoms with E-state index >= 15 is 0 Å². The number of hydrogen-bond acceptors (Lipinski definition) is 4. The molecule has 7 nitrogen and oxygen atoms in total. The van der Waals surface area contributed by atoms with Crippen LogP contribution >= 0.6 is 0 Å². The normalized spacial score (nSPS) is 17.4. The molecule has 29 heavy (non-hydrogen) atoms. The molecule has 0 radical (unpaired) electrons. The molecule has 0 aliphatic carbocycles. The number of nitrogens with one attached hydrogen (secondary N) is 3. The van der Waals surface area contributed by atoms with E-state index in [9.17, 15) is 8.42 Å². The van der Waals surface area contributed by atoms with Crippen LogP contribution in [0.5, 0.6) is 0 Å². The summed E-state index contributed by atoms with van der Waals surface area (Å²) in [5.74, 6) is 0.651. The van der Waals surface area contributed by atoms with Crippen molar-refractivity contribution in [3.63, 3.8) is 0 Å². The Hall–Kier alpha value is -2.06. The number of aliphatic imine (C=N–C) groups is 1. The van der Waals surface area contributed by atoms with Gasteiger partial charge in [-0.3, -0.25) is 4.99 Å². The van der Waals surface area contributed by atoms with Gasteiger partial charge in [-0.2, -0.15) is 0 Å². The second-order valence-electron chi connectivity index (χ2n) is 7.75. The molecule has 1 aromatic carbocycles. The summed E-state index contributed by atoms with van der Waals surface area (Å²) < 4.78 is 29.4. The molecule has 0 spiro atoms. The smallest absolute Gasteiger partial charge is 0.191 e. The van der Waals surface area contributed by atoms with Crippen LogP contribution in [-0.2, 0) is 21.0 Å². The number of nitrogens with zero attached hydrogens (tertiary/aromatic N) is 1. The van der Waals surface area contributed by atoms with Crippen LogP contribution in [0.3, 0.4) is 0 Å². The van der Waals surface area contributed by atoms with E-state index in [1.54, 1.807) is 0 Å². The highest BCUT2D eigenvalue weighted by Gasteiger charge is 2.42. The van der Waals surface area contributed by atoms with E-state index < -0.39 is 14.6 Å². The quantitative estimate of drug-likeness (QED) is 0.471. The van der Waals surface area contributed by atoms with Gasteiger partial charge in [-0.1, -0.05) is 12.1 Å². The van der Waals surface area contributed by atoms with E-state index in [0.717, 1.165) is 11.9 Å². The van der Waals surface area contributed by atoms with Crippen molar-refractivity contribution in [3.8, 4) is 0 Å². The first-order valence-electron chi connectivity index (χ1n) is 10.2. The first-order chi connectivity index (χ1) is 13.9. The summed E-state index contributed by atoms with van der Waals surface area (Å²) in [4.78, 5) is 7.96. The molecule has 3 rings (SSSR count). The summed E-state index contributed by atoms with van der Waals surface area (Å²) >= 11 is 0. The number of fused-ring (bicyclic) bond motifs is 1. The zero-order chi connectivity index (χ0) is 20.9. The standard InChI is InChI=1S/C21H32N4O3S/c1-4-22-20(25-15-21(29(3,26)27)9-12-28-13-10-21)23-11-8-17-14-24-18-7-5-6-16(2)19(17)18/h5-7,14,24H,4,8-13,15H2,1-3H3,(H2,22,23,25). The monoisotopic (exact) mass is 420 g/mol. The number of hydrogen-bond donors (Lipinski definition) is 3. The van der Waals surface area contributed by atoms with Gasteiger partial charge in [0.1, 0.15) is 0 Å². The van der Waals surface area contributed by atoms with Crippen molar-refractivity contribution in [2.75, 3.05) is 39.1 Å². The van der Waals surface area contributed by atoms with Crippen LogP contribution < -0.4 is 10.6 Å². The topological polar surface area (TPSA) is 95.6 Å². The molecule has 1 fully saturated rings. The molecule has 3 N–H and O–H groups in total. The molecular weight excluding hydrogens is 388 g/mol. The van der Waals surface area contributed by atoms with Gasteiger partial charge in [-0.15, -0.1) is 0 Å². The summed E-state index contributed by atoms with van der Waals surface area (Å²) in [7, 11) is -3.23. The van der Waals surface area contributed by atoms with E-state index in [1.807, 2.05) is 6.92 Å². The average molecular weight is 421 g/mol. The van der Waals surface area contributed by atoms with Crippen LogP contribution in [0.25, 0.3) is 10.9 Å². The molecule has 1 aromatic heterocycles. The molecule has 8 heteroatoms.